The molecule has 3 heterocycles. The van der Waals surface area contributed by atoms with Crippen LogP contribution in [0.5, 0.6) is 0 Å². The number of hydrogen-bond acceptors (Lipinski definition) is 2. The number of hydrogen-bond donors (Lipinski definition) is 2. The topological polar surface area (TPSA) is 57.8 Å². The van der Waals surface area contributed by atoms with Crippen LogP contribution >= 0.6 is 0 Å². The van der Waals surface area contributed by atoms with Crippen molar-refractivity contribution in [3.05, 3.63) is 53.3 Å². The van der Waals surface area contributed by atoms with Gasteiger partial charge in [-0.3, -0.25) is 4.79 Å². The molecule has 0 bridgehead atoms. The Labute approximate surface area is 146 Å². The molecule has 1 amide bonds. The van der Waals surface area contributed by atoms with E-state index < -0.39 is 0 Å². The van der Waals surface area contributed by atoms with E-state index >= 15 is 0 Å². The quantitative estimate of drug-likeness (QED) is 0.740. The molecule has 1 aliphatic heterocycles. The van der Waals surface area contributed by atoms with E-state index in [1.165, 1.54) is 31.4 Å². The van der Waals surface area contributed by atoms with E-state index in [0.29, 0.717) is 5.92 Å². The molecule has 0 radical (unpaired) electrons. The zero-order valence-electron chi connectivity index (χ0n) is 14.1. The molecule has 2 N–H and O–H groups in total. The van der Waals surface area contributed by atoms with Gasteiger partial charge >= 0.3 is 0 Å². The summed E-state index contributed by atoms with van der Waals surface area (Å²) < 4.78 is 0. The number of pyridine rings is 1. The lowest BCUT2D eigenvalue weighted by atomic mass is 9.95. The van der Waals surface area contributed by atoms with Crippen LogP contribution in [0.2, 0.25) is 0 Å². The number of carbonyl (C=O) groups is 1. The average Bonchev–Trinajstić information content (AvgIpc) is 3.31. The van der Waals surface area contributed by atoms with Gasteiger partial charge in [0.25, 0.3) is 5.91 Å². The second-order valence-electron chi connectivity index (χ2n) is 7.19. The maximum absolute atomic E-state index is 11.9. The van der Waals surface area contributed by atoms with Gasteiger partial charge in [-0.25, -0.2) is 4.98 Å². The Morgan fingerprint density at radius 2 is 1.92 bits per heavy atom. The molecule has 0 atom stereocenters. The van der Waals surface area contributed by atoms with Gasteiger partial charge in [-0.1, -0.05) is 25.0 Å². The molecule has 25 heavy (non-hydrogen) atoms. The zero-order valence-corrected chi connectivity index (χ0v) is 14.1. The van der Waals surface area contributed by atoms with Crippen LogP contribution in [0.15, 0.2) is 36.5 Å². The molecule has 126 valence electrons. The summed E-state index contributed by atoms with van der Waals surface area (Å²) in [6.45, 7) is 0.718. The van der Waals surface area contributed by atoms with Crippen molar-refractivity contribution in [2.45, 2.75) is 38.0 Å². The molecule has 2 aromatic heterocycles. The van der Waals surface area contributed by atoms with Crippen molar-refractivity contribution in [1.29, 1.82) is 0 Å². The lowest BCUT2D eigenvalue weighted by Gasteiger charge is -2.17. The first-order valence-electron chi connectivity index (χ1n) is 9.19. The first kappa shape index (κ1) is 14.7. The van der Waals surface area contributed by atoms with E-state index in [9.17, 15) is 4.79 Å². The first-order chi connectivity index (χ1) is 12.3. The summed E-state index contributed by atoms with van der Waals surface area (Å²) in [6, 6.07) is 10.5. The second kappa shape index (κ2) is 5.73. The van der Waals surface area contributed by atoms with Gasteiger partial charge in [0.15, 0.2) is 0 Å². The van der Waals surface area contributed by atoms with Crippen LogP contribution in [0.25, 0.3) is 22.2 Å². The SMILES string of the molecule is O=C1NCCc2cc(-c3c[nH]c4nc(C5CCCC5)ccc34)ccc21. The number of amides is 1. The summed E-state index contributed by atoms with van der Waals surface area (Å²) in [5.74, 6) is 0.660. The number of aromatic amines is 1. The molecule has 1 saturated carbocycles. The van der Waals surface area contributed by atoms with Gasteiger partial charge in [0.1, 0.15) is 5.65 Å². The van der Waals surface area contributed by atoms with Crippen molar-refractivity contribution in [3.63, 3.8) is 0 Å². The number of nitrogens with one attached hydrogen (secondary N) is 2. The highest BCUT2D eigenvalue weighted by atomic mass is 16.1. The molecule has 1 aromatic carbocycles. The molecule has 2 aliphatic rings. The summed E-state index contributed by atoms with van der Waals surface area (Å²) >= 11 is 0. The van der Waals surface area contributed by atoms with Crippen molar-refractivity contribution >= 4 is 16.9 Å². The van der Waals surface area contributed by atoms with Gasteiger partial charge in [-0.15, -0.1) is 0 Å². The Balaban J connectivity index is 1.56. The third-order valence-electron chi connectivity index (χ3n) is 5.67. The van der Waals surface area contributed by atoms with Crippen molar-refractivity contribution < 1.29 is 4.79 Å². The van der Waals surface area contributed by atoms with Crippen LogP contribution in [-0.2, 0) is 6.42 Å². The van der Waals surface area contributed by atoms with Crippen molar-refractivity contribution in [2.24, 2.45) is 0 Å². The Morgan fingerprint density at radius 3 is 2.80 bits per heavy atom. The van der Waals surface area contributed by atoms with Crippen LogP contribution in [0.1, 0.15) is 53.2 Å². The van der Waals surface area contributed by atoms with Gasteiger partial charge in [-0.05, 0) is 48.6 Å². The largest absolute Gasteiger partial charge is 0.352 e. The normalized spacial score (nSPS) is 17.7. The predicted molar refractivity (Wildman–Crippen MR) is 98.8 cm³/mol. The lowest BCUT2D eigenvalue weighted by molar-refractivity contribution is 0.0946. The summed E-state index contributed by atoms with van der Waals surface area (Å²) in [5.41, 5.74) is 6.43. The van der Waals surface area contributed by atoms with Gasteiger partial charge in [0, 0.05) is 40.9 Å². The van der Waals surface area contributed by atoms with Gasteiger partial charge in [0.2, 0.25) is 0 Å². The number of rotatable bonds is 2. The maximum atomic E-state index is 11.9. The minimum atomic E-state index is 0.0367. The van der Waals surface area contributed by atoms with Crippen LogP contribution in [-0.4, -0.2) is 22.4 Å². The van der Waals surface area contributed by atoms with Crippen LogP contribution in [0.4, 0.5) is 0 Å². The van der Waals surface area contributed by atoms with Crippen molar-refractivity contribution in [3.8, 4) is 11.1 Å². The number of aromatic nitrogens is 2. The average molecular weight is 331 g/mol. The predicted octanol–water partition coefficient (Wildman–Crippen LogP) is 4.17. The van der Waals surface area contributed by atoms with E-state index in [4.69, 9.17) is 4.98 Å². The highest BCUT2D eigenvalue weighted by Crippen LogP contribution is 2.35. The summed E-state index contributed by atoms with van der Waals surface area (Å²) in [6.07, 6.45) is 8.10. The smallest absolute Gasteiger partial charge is 0.251 e. The Hall–Kier alpha value is -2.62. The third-order valence-corrected chi connectivity index (χ3v) is 5.67. The van der Waals surface area contributed by atoms with Crippen molar-refractivity contribution in [2.75, 3.05) is 6.54 Å². The Morgan fingerprint density at radius 1 is 1.04 bits per heavy atom. The summed E-state index contributed by atoms with van der Waals surface area (Å²) in [5, 5.41) is 4.05. The van der Waals surface area contributed by atoms with E-state index in [0.717, 1.165) is 46.3 Å². The third kappa shape index (κ3) is 2.44. The van der Waals surface area contributed by atoms with Gasteiger partial charge < -0.3 is 10.3 Å². The molecule has 0 unspecified atom stereocenters. The molecule has 0 saturated heterocycles. The van der Waals surface area contributed by atoms with E-state index in [1.807, 2.05) is 18.3 Å². The van der Waals surface area contributed by atoms with Crippen LogP contribution in [0, 0.1) is 0 Å². The number of benzene rings is 1. The fourth-order valence-electron chi connectivity index (χ4n) is 4.30. The Kier molecular flexibility index (Phi) is 3.37. The van der Waals surface area contributed by atoms with E-state index in [2.05, 4.69) is 28.5 Å². The molecular formula is C21H21N3O. The molecule has 1 fully saturated rings. The first-order valence-corrected chi connectivity index (χ1v) is 9.19. The second-order valence-corrected chi connectivity index (χ2v) is 7.19. The number of carbonyl (C=O) groups excluding carboxylic acids is 1. The maximum Gasteiger partial charge on any atom is 0.251 e. The summed E-state index contributed by atoms with van der Waals surface area (Å²) in [4.78, 5) is 20.2. The van der Waals surface area contributed by atoms with E-state index in [-0.39, 0.29) is 5.91 Å². The van der Waals surface area contributed by atoms with E-state index in [1.54, 1.807) is 0 Å². The minimum absolute atomic E-state index is 0.0367. The zero-order chi connectivity index (χ0) is 16.8. The lowest BCUT2D eigenvalue weighted by Crippen LogP contribution is -2.31. The minimum Gasteiger partial charge on any atom is -0.352 e. The molecular weight excluding hydrogens is 310 g/mol. The Bertz CT molecular complexity index is 966. The summed E-state index contributed by atoms with van der Waals surface area (Å²) in [7, 11) is 0. The molecule has 1 aliphatic carbocycles. The molecule has 5 rings (SSSR count). The molecule has 4 heteroatoms. The fourth-order valence-corrected chi connectivity index (χ4v) is 4.30. The molecule has 4 nitrogen and oxygen atoms in total. The van der Waals surface area contributed by atoms with Gasteiger partial charge in [-0.2, -0.15) is 0 Å². The van der Waals surface area contributed by atoms with Crippen LogP contribution < -0.4 is 5.32 Å². The number of fused-ring (bicyclic) bond motifs is 2. The number of nitrogens with zero attached hydrogens (tertiary/aromatic N) is 1. The highest BCUT2D eigenvalue weighted by Gasteiger charge is 2.20. The molecule has 0 spiro atoms. The van der Waals surface area contributed by atoms with Crippen LogP contribution in [0.3, 0.4) is 0 Å². The molecule has 3 aromatic rings. The monoisotopic (exact) mass is 331 g/mol. The van der Waals surface area contributed by atoms with Gasteiger partial charge in [0.05, 0.1) is 0 Å². The highest BCUT2D eigenvalue weighted by molar-refractivity contribution is 5.99. The standard InChI is InChI=1S/C21H21N3O/c25-21-16-6-5-14(11-15(16)9-10-22-21)18-12-23-20-17(18)7-8-19(24-20)13-3-1-2-4-13/h5-8,11-13H,1-4,9-10H2,(H,22,25)(H,23,24). The number of H-pyrrole nitrogens is 1. The fraction of sp³-hybridized carbons (Fsp3) is 0.333. The van der Waals surface area contributed by atoms with Crippen molar-refractivity contribution in [1.82, 2.24) is 15.3 Å².